The third kappa shape index (κ3) is 5.95. The number of carbonyl (C=O) groups is 1. The highest BCUT2D eigenvalue weighted by atomic mass is 19.1. The standard InChI is InChI=1S/C15H20FNO3/c1-15(2,20)10-17(3)9-11-4-6-13(16)12(8-11)5-7-14(18)19/h4-8,20H,9-10H2,1-3H3,(H,18,19). The van der Waals surface area contributed by atoms with Crippen LogP contribution in [0.15, 0.2) is 24.3 Å². The molecule has 0 spiro atoms. The second-order valence-electron chi connectivity index (χ2n) is 5.51. The summed E-state index contributed by atoms with van der Waals surface area (Å²) in [7, 11) is 1.86. The lowest BCUT2D eigenvalue weighted by atomic mass is 10.1. The van der Waals surface area contributed by atoms with Gasteiger partial charge in [0, 0.05) is 24.7 Å². The van der Waals surface area contributed by atoms with Crippen LogP contribution in [0.1, 0.15) is 25.0 Å². The van der Waals surface area contributed by atoms with E-state index in [1.165, 1.54) is 12.1 Å². The number of aliphatic carboxylic acids is 1. The Morgan fingerprint density at radius 1 is 1.45 bits per heavy atom. The molecule has 0 heterocycles. The maximum Gasteiger partial charge on any atom is 0.328 e. The number of carboxylic acids is 1. The van der Waals surface area contributed by atoms with Gasteiger partial charge in [-0.1, -0.05) is 6.07 Å². The van der Waals surface area contributed by atoms with Crippen LogP contribution in [-0.2, 0) is 11.3 Å². The van der Waals surface area contributed by atoms with E-state index in [0.717, 1.165) is 11.6 Å². The summed E-state index contributed by atoms with van der Waals surface area (Å²) in [5, 5.41) is 18.3. The highest BCUT2D eigenvalue weighted by molar-refractivity contribution is 5.85. The van der Waals surface area contributed by atoms with Crippen molar-refractivity contribution in [3.63, 3.8) is 0 Å². The van der Waals surface area contributed by atoms with Crippen molar-refractivity contribution >= 4 is 12.0 Å². The van der Waals surface area contributed by atoms with Crippen LogP contribution in [0.4, 0.5) is 4.39 Å². The third-order valence-electron chi connectivity index (χ3n) is 2.58. The number of hydrogen-bond acceptors (Lipinski definition) is 3. The van der Waals surface area contributed by atoms with Crippen molar-refractivity contribution in [2.24, 2.45) is 0 Å². The maximum atomic E-state index is 13.5. The summed E-state index contributed by atoms with van der Waals surface area (Å²) >= 11 is 0. The van der Waals surface area contributed by atoms with Crippen LogP contribution in [0.5, 0.6) is 0 Å². The average Bonchev–Trinajstić information content (AvgIpc) is 2.27. The molecule has 1 rings (SSSR count). The molecule has 0 unspecified atom stereocenters. The van der Waals surface area contributed by atoms with E-state index in [9.17, 15) is 14.3 Å². The monoisotopic (exact) mass is 281 g/mol. The minimum Gasteiger partial charge on any atom is -0.478 e. The zero-order valence-electron chi connectivity index (χ0n) is 11.9. The SMILES string of the molecule is CN(Cc1ccc(F)c(C=CC(=O)O)c1)CC(C)(C)O. The van der Waals surface area contributed by atoms with E-state index in [-0.39, 0.29) is 5.56 Å². The molecular formula is C15H20FNO3. The zero-order valence-corrected chi connectivity index (χ0v) is 11.9. The van der Waals surface area contributed by atoms with Crippen LogP contribution < -0.4 is 0 Å². The lowest BCUT2D eigenvalue weighted by Gasteiger charge is -2.25. The lowest BCUT2D eigenvalue weighted by molar-refractivity contribution is -0.131. The molecule has 1 aromatic carbocycles. The molecule has 0 aliphatic rings. The summed E-state index contributed by atoms with van der Waals surface area (Å²) in [5.74, 6) is -1.58. The van der Waals surface area contributed by atoms with E-state index >= 15 is 0 Å². The molecule has 0 atom stereocenters. The summed E-state index contributed by atoms with van der Waals surface area (Å²) in [6, 6.07) is 4.57. The predicted octanol–water partition coefficient (Wildman–Crippen LogP) is 2.13. The van der Waals surface area contributed by atoms with E-state index in [0.29, 0.717) is 13.1 Å². The third-order valence-corrected chi connectivity index (χ3v) is 2.58. The Hall–Kier alpha value is -1.72. The average molecular weight is 281 g/mol. The Morgan fingerprint density at radius 2 is 2.10 bits per heavy atom. The van der Waals surface area contributed by atoms with Gasteiger partial charge >= 0.3 is 5.97 Å². The van der Waals surface area contributed by atoms with Crippen LogP contribution >= 0.6 is 0 Å². The first-order valence-corrected chi connectivity index (χ1v) is 6.28. The van der Waals surface area contributed by atoms with Crippen molar-refractivity contribution in [1.82, 2.24) is 4.90 Å². The van der Waals surface area contributed by atoms with Gasteiger partial charge in [0.05, 0.1) is 5.60 Å². The minimum absolute atomic E-state index is 0.238. The molecule has 0 bridgehead atoms. The molecule has 0 fully saturated rings. The molecule has 0 saturated heterocycles. The molecule has 1 aromatic rings. The molecule has 0 saturated carbocycles. The Kier molecular flexibility index (Phi) is 5.42. The smallest absolute Gasteiger partial charge is 0.328 e. The number of hydrogen-bond donors (Lipinski definition) is 2. The second-order valence-corrected chi connectivity index (χ2v) is 5.51. The fourth-order valence-electron chi connectivity index (χ4n) is 2.01. The van der Waals surface area contributed by atoms with Crippen molar-refractivity contribution < 1.29 is 19.4 Å². The molecular weight excluding hydrogens is 261 g/mol. The molecule has 5 heteroatoms. The molecule has 110 valence electrons. The van der Waals surface area contributed by atoms with E-state index in [2.05, 4.69) is 0 Å². The van der Waals surface area contributed by atoms with Crippen molar-refractivity contribution in [3.8, 4) is 0 Å². The second kappa shape index (κ2) is 6.63. The minimum atomic E-state index is -1.12. The highest BCUT2D eigenvalue weighted by Gasteiger charge is 2.15. The number of benzene rings is 1. The number of carboxylic acid groups (broad SMARTS) is 1. The molecule has 4 nitrogen and oxygen atoms in total. The summed E-state index contributed by atoms with van der Waals surface area (Å²) < 4.78 is 13.5. The van der Waals surface area contributed by atoms with Crippen LogP contribution in [0.3, 0.4) is 0 Å². The van der Waals surface area contributed by atoms with Gasteiger partial charge in [0.25, 0.3) is 0 Å². The first-order valence-electron chi connectivity index (χ1n) is 6.28. The van der Waals surface area contributed by atoms with Crippen molar-refractivity contribution in [2.75, 3.05) is 13.6 Å². The fourth-order valence-corrected chi connectivity index (χ4v) is 2.01. The summed E-state index contributed by atoms with van der Waals surface area (Å²) in [6.07, 6.45) is 2.14. The Bertz CT molecular complexity index is 506. The summed E-state index contributed by atoms with van der Waals surface area (Å²) in [4.78, 5) is 12.4. The molecule has 0 radical (unpaired) electrons. The van der Waals surface area contributed by atoms with Gasteiger partial charge in [-0.25, -0.2) is 9.18 Å². The van der Waals surface area contributed by atoms with Gasteiger partial charge in [-0.15, -0.1) is 0 Å². The van der Waals surface area contributed by atoms with Crippen LogP contribution in [0.25, 0.3) is 6.08 Å². The number of nitrogens with zero attached hydrogens (tertiary/aromatic N) is 1. The molecule has 0 aliphatic heterocycles. The van der Waals surface area contributed by atoms with E-state index in [4.69, 9.17) is 5.11 Å². The van der Waals surface area contributed by atoms with Crippen molar-refractivity contribution in [2.45, 2.75) is 26.0 Å². The van der Waals surface area contributed by atoms with Gasteiger partial charge in [0.15, 0.2) is 0 Å². The predicted molar refractivity (Wildman–Crippen MR) is 75.7 cm³/mol. The number of rotatable bonds is 6. The first-order chi connectivity index (χ1) is 9.17. The van der Waals surface area contributed by atoms with Gasteiger partial charge in [-0.2, -0.15) is 0 Å². The zero-order chi connectivity index (χ0) is 15.3. The first kappa shape index (κ1) is 16.3. The van der Waals surface area contributed by atoms with Gasteiger partial charge < -0.3 is 10.2 Å². The Balaban J connectivity index is 2.82. The maximum absolute atomic E-state index is 13.5. The van der Waals surface area contributed by atoms with Crippen molar-refractivity contribution in [1.29, 1.82) is 0 Å². The summed E-state index contributed by atoms with van der Waals surface area (Å²) in [5.41, 5.74) is 0.283. The van der Waals surface area contributed by atoms with E-state index in [1.807, 2.05) is 11.9 Å². The topological polar surface area (TPSA) is 60.8 Å². The van der Waals surface area contributed by atoms with Crippen LogP contribution in [0, 0.1) is 5.82 Å². The molecule has 0 aromatic heterocycles. The number of likely N-dealkylation sites (N-methyl/N-ethyl adjacent to an activating group) is 1. The normalized spacial score (nSPS) is 12.3. The lowest BCUT2D eigenvalue weighted by Crippen LogP contribution is -2.35. The quantitative estimate of drug-likeness (QED) is 0.784. The highest BCUT2D eigenvalue weighted by Crippen LogP contribution is 2.15. The van der Waals surface area contributed by atoms with Crippen LogP contribution in [0.2, 0.25) is 0 Å². The van der Waals surface area contributed by atoms with Crippen LogP contribution in [-0.4, -0.2) is 40.3 Å². The number of halogens is 1. The molecule has 20 heavy (non-hydrogen) atoms. The molecule has 0 amide bonds. The van der Waals surface area contributed by atoms with Gasteiger partial charge in [-0.3, -0.25) is 4.90 Å². The van der Waals surface area contributed by atoms with Crippen molar-refractivity contribution in [3.05, 3.63) is 41.2 Å². The Morgan fingerprint density at radius 3 is 2.65 bits per heavy atom. The van der Waals surface area contributed by atoms with E-state index < -0.39 is 17.4 Å². The largest absolute Gasteiger partial charge is 0.478 e. The summed E-state index contributed by atoms with van der Waals surface area (Å²) in [6.45, 7) is 4.45. The van der Waals surface area contributed by atoms with Gasteiger partial charge in [-0.05, 0) is 44.7 Å². The fraction of sp³-hybridized carbons (Fsp3) is 0.400. The molecule has 0 aliphatic carbocycles. The van der Waals surface area contributed by atoms with Gasteiger partial charge in [0.2, 0.25) is 0 Å². The Labute approximate surface area is 118 Å². The number of aliphatic hydroxyl groups is 1. The van der Waals surface area contributed by atoms with Gasteiger partial charge in [0.1, 0.15) is 5.82 Å². The van der Waals surface area contributed by atoms with E-state index in [1.54, 1.807) is 26.0 Å². The molecule has 2 N–H and O–H groups in total.